The molecule has 34 heavy (non-hydrogen) atoms. The van der Waals surface area contributed by atoms with Crippen molar-refractivity contribution in [1.82, 2.24) is 10.2 Å². The average molecular weight is 470 g/mol. The number of carbonyl (C=O) groups is 3. The second-order valence-corrected chi connectivity index (χ2v) is 9.51. The van der Waals surface area contributed by atoms with Crippen molar-refractivity contribution in [3.63, 3.8) is 0 Å². The lowest BCUT2D eigenvalue weighted by Crippen LogP contribution is -2.51. The summed E-state index contributed by atoms with van der Waals surface area (Å²) in [5.74, 6) is -1.00. The Morgan fingerprint density at radius 1 is 1.15 bits per heavy atom. The molecule has 1 aliphatic carbocycles. The van der Waals surface area contributed by atoms with Crippen LogP contribution in [0.2, 0.25) is 0 Å². The molecular formula is C24H31N5O5. The van der Waals surface area contributed by atoms with Crippen LogP contribution in [0.25, 0.3) is 0 Å². The first-order chi connectivity index (χ1) is 16.3. The zero-order valence-corrected chi connectivity index (χ0v) is 19.0. The number of aliphatic carboxylic acids is 1. The third kappa shape index (κ3) is 5.73. The van der Waals surface area contributed by atoms with Crippen molar-refractivity contribution >= 4 is 29.3 Å². The van der Waals surface area contributed by atoms with Crippen molar-refractivity contribution in [2.75, 3.05) is 13.1 Å². The van der Waals surface area contributed by atoms with Crippen molar-refractivity contribution < 1.29 is 24.3 Å². The van der Waals surface area contributed by atoms with E-state index in [2.05, 4.69) is 10.5 Å². The third-order valence-electron chi connectivity index (χ3n) is 6.92. The van der Waals surface area contributed by atoms with Gasteiger partial charge in [-0.25, -0.2) is 0 Å². The fourth-order valence-electron chi connectivity index (χ4n) is 5.08. The second kappa shape index (κ2) is 10.2. The van der Waals surface area contributed by atoms with Gasteiger partial charge in [-0.05, 0) is 43.1 Å². The zero-order valence-electron chi connectivity index (χ0n) is 19.0. The molecule has 4 aliphatic rings. The van der Waals surface area contributed by atoms with Gasteiger partial charge in [0, 0.05) is 25.1 Å². The number of carboxylic acid groups (broad SMARTS) is 1. The van der Waals surface area contributed by atoms with E-state index in [4.69, 9.17) is 16.0 Å². The highest BCUT2D eigenvalue weighted by molar-refractivity contribution is 6.03. The van der Waals surface area contributed by atoms with Gasteiger partial charge in [-0.15, -0.1) is 0 Å². The molecule has 3 aliphatic heterocycles. The number of carboxylic acids is 1. The summed E-state index contributed by atoms with van der Waals surface area (Å²) in [6.07, 6.45) is 3.81. The maximum absolute atomic E-state index is 13.2. The fraction of sp³-hybridized carbons (Fsp3) is 0.542. The van der Waals surface area contributed by atoms with E-state index in [1.165, 1.54) is 0 Å². The van der Waals surface area contributed by atoms with Gasteiger partial charge in [0.25, 0.3) is 0 Å². The largest absolute Gasteiger partial charge is 0.481 e. The van der Waals surface area contributed by atoms with Crippen LogP contribution in [0.4, 0.5) is 0 Å². The Morgan fingerprint density at radius 2 is 1.76 bits per heavy atom. The van der Waals surface area contributed by atoms with Crippen LogP contribution >= 0.6 is 0 Å². The number of rotatable bonds is 8. The van der Waals surface area contributed by atoms with Crippen molar-refractivity contribution in [2.45, 2.75) is 57.1 Å². The molecule has 182 valence electrons. The molecule has 1 unspecified atom stereocenters. The number of carbonyl (C=O) groups excluding carboxylic acids is 2. The number of oxime groups is 1. The van der Waals surface area contributed by atoms with Crippen molar-refractivity contribution in [3.8, 4) is 0 Å². The van der Waals surface area contributed by atoms with E-state index in [9.17, 15) is 19.5 Å². The summed E-state index contributed by atoms with van der Waals surface area (Å²) >= 11 is 0. The molecule has 3 heterocycles. The second-order valence-electron chi connectivity index (χ2n) is 9.51. The van der Waals surface area contributed by atoms with Crippen LogP contribution in [0.1, 0.15) is 56.1 Å². The molecule has 1 aromatic rings. The van der Waals surface area contributed by atoms with Crippen LogP contribution in [0.3, 0.4) is 0 Å². The van der Waals surface area contributed by atoms with Crippen LogP contribution in [0.5, 0.6) is 0 Å². The molecule has 3 fully saturated rings. The molecule has 2 saturated heterocycles. The van der Waals surface area contributed by atoms with Crippen LogP contribution < -0.4 is 11.1 Å². The van der Waals surface area contributed by atoms with Gasteiger partial charge in [-0.3, -0.25) is 19.8 Å². The first kappa shape index (κ1) is 23.7. The standard InChI is InChI=1S/C24H31N5O5/c25-23(26)17-7-5-16(6-8-17)19-9-18(34-28-19)10-21(30)27-20(11-22(31)32)24(33)29-12-14-1-2-15(13-29)4-3-14/h5-8,14-15,18,20H,1-4,9-13H2,(H3,25,26)(H,27,30)(H,31,32)/t14?,15?,18?,20-/m0/s1. The first-order valence-electron chi connectivity index (χ1n) is 11.8. The molecule has 10 nitrogen and oxygen atoms in total. The number of nitrogen functional groups attached to an aromatic ring is 1. The number of nitrogens with two attached hydrogens (primary N) is 1. The van der Waals surface area contributed by atoms with Crippen molar-refractivity contribution in [3.05, 3.63) is 35.4 Å². The number of amidine groups is 1. The SMILES string of the molecule is N=C(N)c1ccc(C2=NOC(CC(=O)N[C@@H](CC(=O)O)C(=O)N3CC4CCC(CC4)C3)C2)cc1. The minimum Gasteiger partial charge on any atom is -0.481 e. The topological polar surface area (TPSA) is 158 Å². The number of hydrogen-bond acceptors (Lipinski definition) is 6. The van der Waals surface area contributed by atoms with Crippen LogP contribution in [0, 0.1) is 17.2 Å². The normalized spacial score (nSPS) is 24.5. The lowest BCUT2D eigenvalue weighted by molar-refractivity contribution is -0.144. The van der Waals surface area contributed by atoms with Gasteiger partial charge in [-0.1, -0.05) is 29.4 Å². The predicted octanol–water partition coefficient (Wildman–Crippen LogP) is 1.46. The number of nitrogens with one attached hydrogen (secondary N) is 2. The van der Waals surface area contributed by atoms with Crippen LogP contribution in [-0.4, -0.2) is 64.6 Å². The molecule has 5 N–H and O–H groups in total. The van der Waals surface area contributed by atoms with E-state index in [1.807, 2.05) is 0 Å². The Bertz CT molecular complexity index is 970. The molecule has 10 heteroatoms. The van der Waals surface area contributed by atoms with Gasteiger partial charge in [-0.2, -0.15) is 0 Å². The smallest absolute Gasteiger partial charge is 0.305 e. The van der Waals surface area contributed by atoms with Gasteiger partial charge in [0.2, 0.25) is 11.8 Å². The molecule has 1 saturated carbocycles. The summed E-state index contributed by atoms with van der Waals surface area (Å²) in [7, 11) is 0. The summed E-state index contributed by atoms with van der Waals surface area (Å²) in [6.45, 7) is 1.26. The Kier molecular flexibility index (Phi) is 7.14. The quantitative estimate of drug-likeness (QED) is 0.333. The first-order valence-corrected chi connectivity index (χ1v) is 11.8. The summed E-state index contributed by atoms with van der Waals surface area (Å²) in [6, 6.07) is 5.92. The number of benzene rings is 1. The number of fused-ring (bicyclic) bond motifs is 4. The lowest BCUT2D eigenvalue weighted by atomic mass is 9.84. The number of nitrogens with zero attached hydrogens (tertiary/aromatic N) is 2. The molecule has 0 radical (unpaired) electrons. The van der Waals surface area contributed by atoms with E-state index in [-0.39, 0.29) is 18.2 Å². The summed E-state index contributed by atoms with van der Waals surface area (Å²) in [5.41, 5.74) is 7.56. The van der Waals surface area contributed by atoms with E-state index >= 15 is 0 Å². The summed E-state index contributed by atoms with van der Waals surface area (Å²) in [4.78, 5) is 44.4. The maximum Gasteiger partial charge on any atom is 0.305 e. The molecule has 0 aromatic heterocycles. The molecule has 0 spiro atoms. The minimum absolute atomic E-state index is 0.0241. The Hall–Kier alpha value is -3.43. The van der Waals surface area contributed by atoms with E-state index < -0.39 is 30.4 Å². The monoisotopic (exact) mass is 469 g/mol. The number of amides is 2. The summed E-state index contributed by atoms with van der Waals surface area (Å²) < 4.78 is 0. The molecule has 2 atom stereocenters. The molecule has 1 aromatic carbocycles. The van der Waals surface area contributed by atoms with Gasteiger partial charge in [0.1, 0.15) is 18.0 Å². The van der Waals surface area contributed by atoms with Crippen LogP contribution in [-0.2, 0) is 19.2 Å². The molecular weight excluding hydrogens is 438 g/mol. The van der Waals surface area contributed by atoms with E-state index in [0.717, 1.165) is 31.2 Å². The minimum atomic E-state index is -1.13. The van der Waals surface area contributed by atoms with Gasteiger partial charge < -0.3 is 25.9 Å². The van der Waals surface area contributed by atoms with E-state index in [0.29, 0.717) is 42.6 Å². The average Bonchev–Trinajstić information content (AvgIpc) is 3.05. The Labute approximate surface area is 198 Å². The summed E-state index contributed by atoms with van der Waals surface area (Å²) in [5, 5.41) is 23.5. The third-order valence-corrected chi connectivity index (χ3v) is 6.92. The van der Waals surface area contributed by atoms with Gasteiger partial charge in [0.05, 0.1) is 18.6 Å². The molecule has 2 bridgehead atoms. The zero-order chi connectivity index (χ0) is 24.2. The lowest BCUT2D eigenvalue weighted by Gasteiger charge is -2.27. The molecule has 5 rings (SSSR count). The Balaban J connectivity index is 1.33. The van der Waals surface area contributed by atoms with Crippen molar-refractivity contribution in [2.24, 2.45) is 22.7 Å². The highest BCUT2D eigenvalue weighted by Gasteiger charge is 2.36. The highest BCUT2D eigenvalue weighted by atomic mass is 16.6. The maximum atomic E-state index is 13.2. The number of hydrogen-bond donors (Lipinski definition) is 4. The van der Waals surface area contributed by atoms with Crippen LogP contribution in [0.15, 0.2) is 29.4 Å². The van der Waals surface area contributed by atoms with E-state index in [1.54, 1.807) is 29.2 Å². The highest BCUT2D eigenvalue weighted by Crippen LogP contribution is 2.34. The van der Waals surface area contributed by atoms with Gasteiger partial charge in [0.15, 0.2) is 0 Å². The van der Waals surface area contributed by atoms with Gasteiger partial charge >= 0.3 is 5.97 Å². The fourth-order valence-corrected chi connectivity index (χ4v) is 5.08. The van der Waals surface area contributed by atoms with Crippen molar-refractivity contribution in [1.29, 1.82) is 5.41 Å². The predicted molar refractivity (Wildman–Crippen MR) is 124 cm³/mol. The molecule has 2 amide bonds. The Morgan fingerprint density at radius 3 is 2.32 bits per heavy atom.